The molecule has 0 nitrogen and oxygen atoms in total. The first-order valence-electron chi connectivity index (χ1n) is 0.228. The van der Waals surface area contributed by atoms with Gasteiger partial charge in [0, 0.05) is 22.4 Å². The number of hydrogen-bond acceptors (Lipinski definition) is 0. The van der Waals surface area contributed by atoms with E-state index < -0.39 is 0 Å². The Morgan fingerprint density at radius 2 is 1.25 bits per heavy atom. The first kappa shape index (κ1) is 9.28. The van der Waals surface area contributed by atoms with Gasteiger partial charge in [0.15, 0.2) is 0 Å². The maximum absolute atomic E-state index is 4.67. The molecule has 0 spiro atoms. The van der Waals surface area contributed by atoms with Crippen molar-refractivity contribution in [1.82, 2.24) is 0 Å². The van der Waals surface area contributed by atoms with Crippen molar-refractivity contribution < 1.29 is 35.5 Å². The maximum atomic E-state index is 4.67. The van der Waals surface area contributed by atoms with E-state index in [1.165, 1.54) is 0 Å². The first-order chi connectivity index (χ1) is 1.41. The summed E-state index contributed by atoms with van der Waals surface area (Å²) in [5.41, 5.74) is 0. The Morgan fingerprint density at radius 3 is 1.25 bits per heavy atom. The van der Waals surface area contributed by atoms with Gasteiger partial charge in [0.25, 0.3) is 0 Å². The molecule has 0 aromatic rings. The van der Waals surface area contributed by atoms with E-state index in [1.807, 2.05) is 0 Å². The van der Waals surface area contributed by atoms with Gasteiger partial charge in [0.2, 0.25) is 0 Å². The molecule has 0 aliphatic heterocycles. The molecule has 1 radical (unpaired) electrons. The molecular formula is AgCl2Cu. The third-order valence-electron chi connectivity index (χ3n) is 0. The van der Waals surface area contributed by atoms with Gasteiger partial charge in [0.1, 0.15) is 0 Å². The molecule has 4 heteroatoms. The second-order valence-electron chi connectivity index (χ2n) is 0.0431. The molecule has 0 aliphatic carbocycles. The molecule has 0 aromatic heterocycles. The van der Waals surface area contributed by atoms with Crippen LogP contribution in [0.4, 0.5) is 0 Å². The normalized spacial score (nSPS) is 5.50. The fourth-order valence-corrected chi connectivity index (χ4v) is 0. The van der Waals surface area contributed by atoms with Crippen LogP contribution >= 0.6 is 20.2 Å². The molecule has 0 unspecified atom stereocenters. The van der Waals surface area contributed by atoms with Crippen LogP contribution in [0, 0.1) is 0 Å². The second-order valence-corrected chi connectivity index (χ2v) is 1.60. The van der Waals surface area contributed by atoms with Gasteiger partial charge >= 0.3 is 33.3 Å². The Hall–Kier alpha value is 1.84. The van der Waals surface area contributed by atoms with Gasteiger partial charge in [0.05, 0.1) is 0 Å². The Bertz CT molecular complexity index is 6.00. The molecule has 36 valence electrons. The van der Waals surface area contributed by atoms with Gasteiger partial charge < -0.3 is 0 Å². The second kappa shape index (κ2) is 8.85. The summed E-state index contributed by atoms with van der Waals surface area (Å²) in [5.74, 6) is 0. The molecule has 0 saturated heterocycles. The van der Waals surface area contributed by atoms with Gasteiger partial charge in [-0.3, -0.25) is 0 Å². The van der Waals surface area contributed by atoms with Crippen LogP contribution in [0.2, 0.25) is 0 Å². The molecule has 4 heavy (non-hydrogen) atoms. The molecule has 0 aliphatic rings. The molecular weight excluding hydrogens is 242 g/mol. The molecule has 0 N–H and O–H groups in total. The zero-order valence-corrected chi connectivity index (χ0v) is 5.29. The summed E-state index contributed by atoms with van der Waals surface area (Å²) in [6, 6.07) is 0. The monoisotopic (exact) mass is 240 g/mol. The minimum atomic E-state index is 0. The minimum absolute atomic E-state index is 0. The van der Waals surface area contributed by atoms with Crippen molar-refractivity contribution in [2.75, 3.05) is 0 Å². The van der Waals surface area contributed by atoms with Crippen molar-refractivity contribution in [1.29, 1.82) is 0 Å². The quantitative estimate of drug-likeness (QED) is 0.563. The van der Waals surface area contributed by atoms with Crippen LogP contribution in [0.1, 0.15) is 0 Å². The average Bonchev–Trinajstić information content (AvgIpc) is 0.918. The molecule has 0 fully saturated rings. The van der Waals surface area contributed by atoms with Crippen LogP contribution in [-0.2, 0) is 35.5 Å². The molecule has 0 amide bonds. The van der Waals surface area contributed by atoms with Crippen LogP contribution in [0.5, 0.6) is 0 Å². The predicted molar refractivity (Wildman–Crippen MR) is 11.7 cm³/mol. The first-order valence-corrected chi connectivity index (χ1v) is 2.82. The van der Waals surface area contributed by atoms with E-state index in [0.29, 0.717) is 0 Å². The van der Waals surface area contributed by atoms with Crippen LogP contribution in [0.15, 0.2) is 0 Å². The fraction of sp³-hybridized carbons (Fsp3) is 0. The van der Waals surface area contributed by atoms with Gasteiger partial charge in [-0.05, 0) is 0 Å². The van der Waals surface area contributed by atoms with E-state index in [1.54, 1.807) is 0 Å². The fourth-order valence-electron chi connectivity index (χ4n) is 0. The Kier molecular flexibility index (Phi) is 20.5. The Labute approximate surface area is 55.4 Å². The molecule has 0 atom stereocenters. The van der Waals surface area contributed by atoms with Gasteiger partial charge in [-0.25, -0.2) is 0 Å². The molecule has 0 heterocycles. The summed E-state index contributed by atoms with van der Waals surface area (Å²) >= 11 is 0.757. The summed E-state index contributed by atoms with van der Waals surface area (Å²) in [6.45, 7) is 0. The van der Waals surface area contributed by atoms with Crippen molar-refractivity contribution >= 4 is 20.2 Å². The van der Waals surface area contributed by atoms with Gasteiger partial charge in [-0.2, -0.15) is 0 Å². The van der Waals surface area contributed by atoms with E-state index >= 15 is 0 Å². The van der Waals surface area contributed by atoms with E-state index in [0.717, 1.165) is 13.1 Å². The summed E-state index contributed by atoms with van der Waals surface area (Å²) in [4.78, 5) is 0. The zero-order chi connectivity index (χ0) is 2.71. The molecule has 0 bridgehead atoms. The van der Waals surface area contributed by atoms with Crippen molar-refractivity contribution in [3.05, 3.63) is 0 Å². The zero-order valence-electron chi connectivity index (χ0n) is 1.36. The van der Waals surface area contributed by atoms with Crippen LogP contribution in [-0.4, -0.2) is 0 Å². The number of rotatable bonds is 0. The van der Waals surface area contributed by atoms with E-state index in [2.05, 4.69) is 20.2 Å². The van der Waals surface area contributed by atoms with Crippen molar-refractivity contribution in [2.45, 2.75) is 0 Å². The standard InChI is InChI=1S/Ag.2ClH.Cu/h;2*1H;/q;;;+2/p-2. The molecule has 0 aromatic carbocycles. The average molecular weight is 242 g/mol. The van der Waals surface area contributed by atoms with Crippen molar-refractivity contribution in [3.63, 3.8) is 0 Å². The van der Waals surface area contributed by atoms with Crippen LogP contribution in [0.25, 0.3) is 0 Å². The van der Waals surface area contributed by atoms with Crippen LogP contribution in [0.3, 0.4) is 0 Å². The topological polar surface area (TPSA) is 0 Å². The summed E-state index contributed by atoms with van der Waals surface area (Å²) < 4.78 is 0. The summed E-state index contributed by atoms with van der Waals surface area (Å²) in [6.07, 6.45) is 0. The van der Waals surface area contributed by atoms with Gasteiger partial charge in [-0.15, -0.1) is 0 Å². The summed E-state index contributed by atoms with van der Waals surface area (Å²) in [5, 5.41) is 0. The van der Waals surface area contributed by atoms with E-state index in [9.17, 15) is 0 Å². The van der Waals surface area contributed by atoms with Crippen molar-refractivity contribution in [2.24, 2.45) is 0 Å². The number of hydrogen-bond donors (Lipinski definition) is 0. The Balaban J connectivity index is 0. The number of halogens is 2. The Morgan fingerprint density at radius 1 is 1.25 bits per heavy atom. The predicted octanol–water partition coefficient (Wildman–Crippen LogP) is 1.37. The van der Waals surface area contributed by atoms with E-state index in [4.69, 9.17) is 0 Å². The van der Waals surface area contributed by atoms with Crippen molar-refractivity contribution in [3.8, 4) is 0 Å². The third-order valence-corrected chi connectivity index (χ3v) is 0. The molecule has 0 saturated carbocycles. The molecule has 0 rings (SSSR count). The van der Waals surface area contributed by atoms with Gasteiger partial charge in [-0.1, -0.05) is 0 Å². The summed E-state index contributed by atoms with van der Waals surface area (Å²) in [7, 11) is 9.34. The van der Waals surface area contributed by atoms with E-state index in [-0.39, 0.29) is 22.4 Å². The SMILES string of the molecule is [Ag].[Cl][Cu][Cl]. The van der Waals surface area contributed by atoms with Crippen LogP contribution < -0.4 is 0 Å². The third kappa shape index (κ3) is 9.15.